The first kappa shape index (κ1) is 20.0. The molecule has 0 aromatic carbocycles. The van der Waals surface area contributed by atoms with Crippen molar-refractivity contribution < 1.29 is 4.79 Å². The third-order valence-electron chi connectivity index (χ3n) is 4.99. The lowest BCUT2D eigenvalue weighted by molar-refractivity contribution is -0.123. The zero-order valence-electron chi connectivity index (χ0n) is 14.8. The molecule has 27 heavy (non-hydrogen) atoms. The molecule has 1 fully saturated rings. The van der Waals surface area contributed by atoms with E-state index in [4.69, 9.17) is 5.73 Å². The number of thiophene rings is 2. The number of fused-ring (bicyclic) bond motifs is 1. The van der Waals surface area contributed by atoms with E-state index in [1.165, 1.54) is 22.2 Å². The third kappa shape index (κ3) is 3.80. The van der Waals surface area contributed by atoms with Crippen molar-refractivity contribution in [3.8, 4) is 10.4 Å². The summed E-state index contributed by atoms with van der Waals surface area (Å²) in [6.07, 6.45) is 3.62. The molecule has 0 saturated heterocycles. The summed E-state index contributed by atoms with van der Waals surface area (Å²) in [4.78, 5) is 31.6. The molecule has 0 radical (unpaired) electrons. The van der Waals surface area contributed by atoms with Gasteiger partial charge in [-0.3, -0.25) is 14.2 Å². The molecule has 1 saturated carbocycles. The monoisotopic (exact) mass is 424 g/mol. The zero-order chi connectivity index (χ0) is 18.3. The van der Waals surface area contributed by atoms with Gasteiger partial charge in [0.2, 0.25) is 5.91 Å². The first-order valence-electron chi connectivity index (χ1n) is 8.53. The maximum absolute atomic E-state index is 13.0. The fraction of sp³-hybridized carbons (Fsp3) is 0.389. The highest BCUT2D eigenvalue weighted by Gasteiger charge is 2.41. The van der Waals surface area contributed by atoms with Crippen molar-refractivity contribution in [1.82, 2.24) is 14.9 Å². The zero-order valence-corrected chi connectivity index (χ0v) is 17.3. The second kappa shape index (κ2) is 7.71. The number of carbonyl (C=O) groups excluding carboxylic acids is 1. The van der Waals surface area contributed by atoms with Crippen LogP contribution in [0.15, 0.2) is 34.0 Å². The molecule has 0 bridgehead atoms. The molecule has 3 aromatic rings. The molecular weight excluding hydrogens is 404 g/mol. The lowest BCUT2D eigenvalue weighted by Crippen LogP contribution is -2.54. The van der Waals surface area contributed by atoms with Gasteiger partial charge in [-0.05, 0) is 37.1 Å². The van der Waals surface area contributed by atoms with Crippen LogP contribution in [0.4, 0.5) is 0 Å². The molecule has 1 aliphatic rings. The summed E-state index contributed by atoms with van der Waals surface area (Å²) in [6, 6.07) is 3.94. The number of halogens is 1. The van der Waals surface area contributed by atoms with Gasteiger partial charge >= 0.3 is 0 Å². The number of nitrogens with zero attached hydrogens (tertiary/aromatic N) is 2. The second-order valence-corrected chi connectivity index (χ2v) is 8.73. The smallest absolute Gasteiger partial charge is 0.263 e. The van der Waals surface area contributed by atoms with E-state index < -0.39 is 5.54 Å². The van der Waals surface area contributed by atoms with Crippen molar-refractivity contribution in [1.29, 1.82) is 0 Å². The maximum Gasteiger partial charge on any atom is 0.263 e. The van der Waals surface area contributed by atoms with Crippen molar-refractivity contribution in [3.05, 3.63) is 39.6 Å². The minimum atomic E-state index is -0.400. The van der Waals surface area contributed by atoms with E-state index in [1.54, 1.807) is 11.3 Å². The van der Waals surface area contributed by atoms with Gasteiger partial charge in [0, 0.05) is 22.4 Å². The Labute approximate surface area is 170 Å². The van der Waals surface area contributed by atoms with Gasteiger partial charge < -0.3 is 11.1 Å². The molecular formula is C18H21ClN4O2S2. The molecule has 144 valence electrons. The first-order valence-corrected chi connectivity index (χ1v) is 10.3. The molecule has 1 unspecified atom stereocenters. The fourth-order valence-electron chi connectivity index (χ4n) is 3.25. The number of nitrogens with two attached hydrogens (primary N) is 1. The summed E-state index contributed by atoms with van der Waals surface area (Å²) in [5.41, 5.74) is 6.16. The van der Waals surface area contributed by atoms with E-state index in [0.29, 0.717) is 22.7 Å². The molecule has 0 spiro atoms. The van der Waals surface area contributed by atoms with E-state index >= 15 is 0 Å². The number of hydrogen-bond acceptors (Lipinski definition) is 6. The number of nitrogens with one attached hydrogen (secondary N) is 1. The van der Waals surface area contributed by atoms with Gasteiger partial charge in [-0.25, -0.2) is 4.98 Å². The number of carbonyl (C=O) groups is 1. The van der Waals surface area contributed by atoms with Crippen LogP contribution in [0.5, 0.6) is 0 Å². The summed E-state index contributed by atoms with van der Waals surface area (Å²) >= 11 is 3.03. The van der Waals surface area contributed by atoms with Gasteiger partial charge in [0.1, 0.15) is 11.4 Å². The van der Waals surface area contributed by atoms with Gasteiger partial charge in [-0.15, -0.1) is 35.1 Å². The van der Waals surface area contributed by atoms with Crippen molar-refractivity contribution in [2.24, 2.45) is 11.7 Å². The number of rotatable bonds is 6. The Balaban J connectivity index is 0.00000210. The Morgan fingerprint density at radius 3 is 2.85 bits per heavy atom. The van der Waals surface area contributed by atoms with E-state index in [2.05, 4.69) is 10.3 Å². The average Bonchev–Trinajstić information content (AvgIpc) is 3.18. The highest BCUT2D eigenvalue weighted by atomic mass is 35.5. The van der Waals surface area contributed by atoms with Crippen LogP contribution in [-0.2, 0) is 11.3 Å². The average molecular weight is 425 g/mol. The molecule has 9 heteroatoms. The Morgan fingerprint density at radius 1 is 1.44 bits per heavy atom. The van der Waals surface area contributed by atoms with Crippen LogP contribution in [0.3, 0.4) is 0 Å². The van der Waals surface area contributed by atoms with Crippen LogP contribution in [0.25, 0.3) is 20.7 Å². The number of aromatic nitrogens is 2. The molecule has 3 aromatic heterocycles. The molecule has 1 amide bonds. The lowest BCUT2D eigenvalue weighted by atomic mass is 9.96. The summed E-state index contributed by atoms with van der Waals surface area (Å²) in [7, 11) is 0. The molecule has 0 aliphatic heterocycles. The molecule has 3 heterocycles. The quantitative estimate of drug-likeness (QED) is 0.636. The third-order valence-corrected chi connectivity index (χ3v) is 6.78. The standard InChI is InChI=1S/C18H20N4O2S2.ClH/c1-18(9-19,11-4-5-11)21-14(23)7-22-10-20-16-15(17(22)24)12(8-26-16)13-3-2-6-25-13;/h2-3,6,8,10-11H,4-5,7,9,19H2,1H3,(H,21,23);1H. The molecule has 3 N–H and O–H groups in total. The highest BCUT2D eigenvalue weighted by Crippen LogP contribution is 2.39. The van der Waals surface area contributed by atoms with Gasteiger partial charge in [0.05, 0.1) is 17.3 Å². The molecule has 4 rings (SSSR count). The summed E-state index contributed by atoms with van der Waals surface area (Å²) in [6.45, 7) is 2.31. The lowest BCUT2D eigenvalue weighted by Gasteiger charge is -2.29. The predicted octanol–water partition coefficient (Wildman–Crippen LogP) is 2.85. The summed E-state index contributed by atoms with van der Waals surface area (Å²) in [5, 5.41) is 7.53. The Hall–Kier alpha value is -1.74. The Kier molecular flexibility index (Phi) is 5.71. The van der Waals surface area contributed by atoms with Gasteiger partial charge in [-0.1, -0.05) is 6.07 Å². The van der Waals surface area contributed by atoms with Gasteiger partial charge in [0.15, 0.2) is 0 Å². The van der Waals surface area contributed by atoms with Crippen LogP contribution >= 0.6 is 35.1 Å². The molecule has 1 aliphatic carbocycles. The second-order valence-electron chi connectivity index (χ2n) is 6.93. The van der Waals surface area contributed by atoms with Gasteiger partial charge in [0.25, 0.3) is 5.56 Å². The van der Waals surface area contributed by atoms with E-state index in [1.807, 2.05) is 29.8 Å². The van der Waals surface area contributed by atoms with Crippen LogP contribution in [0, 0.1) is 5.92 Å². The maximum atomic E-state index is 13.0. The predicted molar refractivity (Wildman–Crippen MR) is 113 cm³/mol. The first-order chi connectivity index (χ1) is 12.5. The number of amides is 1. The normalized spacial score (nSPS) is 15.9. The largest absolute Gasteiger partial charge is 0.348 e. The topological polar surface area (TPSA) is 90.0 Å². The molecule has 1 atom stereocenters. The fourth-order valence-corrected chi connectivity index (χ4v) is 4.97. The van der Waals surface area contributed by atoms with Crippen molar-refractivity contribution in [2.45, 2.75) is 31.8 Å². The van der Waals surface area contributed by atoms with Crippen LogP contribution in [-0.4, -0.2) is 27.5 Å². The van der Waals surface area contributed by atoms with E-state index in [9.17, 15) is 9.59 Å². The SMILES string of the molecule is CC(CN)(NC(=O)Cn1cnc2scc(-c3cccs3)c2c1=O)C1CC1.Cl. The molecule has 6 nitrogen and oxygen atoms in total. The van der Waals surface area contributed by atoms with Crippen LogP contribution in [0.2, 0.25) is 0 Å². The van der Waals surface area contributed by atoms with Gasteiger partial charge in [-0.2, -0.15) is 0 Å². The summed E-state index contributed by atoms with van der Waals surface area (Å²) < 4.78 is 1.38. The minimum absolute atomic E-state index is 0. The minimum Gasteiger partial charge on any atom is -0.348 e. The Morgan fingerprint density at radius 2 is 2.22 bits per heavy atom. The number of hydrogen-bond donors (Lipinski definition) is 2. The van der Waals surface area contributed by atoms with Crippen molar-refractivity contribution in [2.75, 3.05) is 6.54 Å². The van der Waals surface area contributed by atoms with Crippen molar-refractivity contribution in [3.63, 3.8) is 0 Å². The highest BCUT2D eigenvalue weighted by molar-refractivity contribution is 7.18. The summed E-state index contributed by atoms with van der Waals surface area (Å²) in [5.74, 6) is 0.220. The van der Waals surface area contributed by atoms with E-state index in [-0.39, 0.29) is 30.4 Å². The van der Waals surface area contributed by atoms with Crippen molar-refractivity contribution >= 4 is 51.2 Å². The van der Waals surface area contributed by atoms with Crippen LogP contribution < -0.4 is 16.6 Å². The van der Waals surface area contributed by atoms with E-state index in [0.717, 1.165) is 23.3 Å². The Bertz CT molecular complexity index is 1010. The van der Waals surface area contributed by atoms with Crippen LogP contribution in [0.1, 0.15) is 19.8 Å².